The molecule has 5 nitrogen and oxygen atoms in total. The van der Waals surface area contributed by atoms with Gasteiger partial charge in [-0.05, 0) is 30.2 Å². The van der Waals surface area contributed by atoms with Gasteiger partial charge >= 0.3 is 0 Å². The molecule has 0 aromatic carbocycles. The van der Waals surface area contributed by atoms with Gasteiger partial charge in [0.05, 0.1) is 7.11 Å². The van der Waals surface area contributed by atoms with Gasteiger partial charge in [-0.1, -0.05) is 6.92 Å². The Bertz CT molecular complexity index is 527. The summed E-state index contributed by atoms with van der Waals surface area (Å²) < 4.78 is 32.5. The summed E-state index contributed by atoms with van der Waals surface area (Å²) in [5.41, 5.74) is 5.77. The van der Waals surface area contributed by atoms with Crippen molar-refractivity contribution in [3.8, 4) is 5.75 Å². The number of ether oxygens (including phenoxy) is 1. The van der Waals surface area contributed by atoms with E-state index >= 15 is 0 Å². The molecule has 0 bridgehead atoms. The van der Waals surface area contributed by atoms with Crippen molar-refractivity contribution in [1.29, 1.82) is 0 Å². The highest BCUT2D eigenvalue weighted by molar-refractivity contribution is 7.91. The number of hydrogen-bond donors (Lipinski definition) is 1. The molecule has 1 fully saturated rings. The molecule has 0 amide bonds. The van der Waals surface area contributed by atoms with Crippen LogP contribution in [0.1, 0.15) is 19.8 Å². The number of thiophene rings is 1. The summed E-state index contributed by atoms with van der Waals surface area (Å²) in [6.45, 7) is 2.95. The summed E-state index contributed by atoms with van der Waals surface area (Å²) in [5.74, 6) is 0.707. The molecule has 2 heterocycles. The molecule has 1 aliphatic heterocycles. The zero-order chi connectivity index (χ0) is 14.0. The molecule has 1 aliphatic rings. The van der Waals surface area contributed by atoms with Crippen molar-refractivity contribution in [2.24, 2.45) is 11.7 Å². The molecule has 0 radical (unpaired) electrons. The number of rotatable bonds is 4. The first-order valence-electron chi connectivity index (χ1n) is 6.35. The summed E-state index contributed by atoms with van der Waals surface area (Å²) >= 11 is 1.19. The zero-order valence-corrected chi connectivity index (χ0v) is 12.8. The molecule has 108 valence electrons. The lowest BCUT2D eigenvalue weighted by Crippen LogP contribution is -2.51. The lowest BCUT2D eigenvalue weighted by atomic mass is 9.93. The largest absolute Gasteiger partial charge is 0.494 e. The lowest BCUT2D eigenvalue weighted by molar-refractivity contribution is 0.192. The van der Waals surface area contributed by atoms with Crippen LogP contribution >= 0.6 is 11.3 Å². The highest BCUT2D eigenvalue weighted by Crippen LogP contribution is 2.35. The second kappa shape index (κ2) is 5.78. The molecule has 1 saturated heterocycles. The van der Waals surface area contributed by atoms with E-state index in [1.165, 1.54) is 18.4 Å². The summed E-state index contributed by atoms with van der Waals surface area (Å²) in [6, 6.07) is 1.56. The molecule has 1 aromatic heterocycles. The first-order chi connectivity index (χ1) is 9.02. The Balaban J connectivity index is 2.38. The fourth-order valence-electron chi connectivity index (χ4n) is 2.59. The normalized spacial score (nSPS) is 25.4. The average molecular weight is 304 g/mol. The number of hydrogen-bond acceptors (Lipinski definition) is 5. The van der Waals surface area contributed by atoms with Gasteiger partial charge in [0.1, 0.15) is 5.75 Å². The monoisotopic (exact) mass is 304 g/mol. The number of piperidine rings is 1. The molecule has 0 aliphatic carbocycles. The Kier molecular flexibility index (Phi) is 4.50. The van der Waals surface area contributed by atoms with Gasteiger partial charge in [0, 0.05) is 19.1 Å². The molecule has 19 heavy (non-hydrogen) atoms. The Morgan fingerprint density at radius 2 is 2.32 bits per heavy atom. The minimum atomic E-state index is -3.51. The number of nitrogens with two attached hydrogens (primary N) is 1. The molecule has 2 N–H and O–H groups in total. The highest BCUT2D eigenvalue weighted by atomic mass is 32.2. The Morgan fingerprint density at radius 3 is 2.95 bits per heavy atom. The van der Waals surface area contributed by atoms with E-state index in [4.69, 9.17) is 10.5 Å². The first kappa shape index (κ1) is 14.8. The van der Waals surface area contributed by atoms with E-state index in [2.05, 4.69) is 6.92 Å². The van der Waals surface area contributed by atoms with Gasteiger partial charge in [0.15, 0.2) is 4.21 Å². The first-order valence-corrected chi connectivity index (χ1v) is 8.67. The predicted molar refractivity (Wildman–Crippen MR) is 76.0 cm³/mol. The molecule has 1 aromatic rings. The van der Waals surface area contributed by atoms with Crippen LogP contribution in [0, 0.1) is 5.92 Å². The van der Waals surface area contributed by atoms with Crippen LogP contribution in [-0.2, 0) is 10.0 Å². The van der Waals surface area contributed by atoms with Gasteiger partial charge in [0.2, 0.25) is 0 Å². The third kappa shape index (κ3) is 2.65. The average Bonchev–Trinajstić information content (AvgIpc) is 2.87. The molecule has 0 spiro atoms. The van der Waals surface area contributed by atoms with Crippen molar-refractivity contribution in [2.75, 3.05) is 20.2 Å². The van der Waals surface area contributed by atoms with Crippen LogP contribution in [0.15, 0.2) is 15.7 Å². The van der Waals surface area contributed by atoms with E-state index in [0.29, 0.717) is 24.8 Å². The minimum absolute atomic E-state index is 0.120. The fraction of sp³-hybridized carbons (Fsp3) is 0.667. The van der Waals surface area contributed by atoms with Crippen molar-refractivity contribution in [3.63, 3.8) is 0 Å². The van der Waals surface area contributed by atoms with Crippen molar-refractivity contribution in [1.82, 2.24) is 4.31 Å². The van der Waals surface area contributed by atoms with Crippen LogP contribution in [0.4, 0.5) is 0 Å². The molecular weight excluding hydrogens is 284 g/mol. The number of methoxy groups -OCH3 is 1. The summed E-state index contributed by atoms with van der Waals surface area (Å²) in [6.07, 6.45) is 1.90. The topological polar surface area (TPSA) is 72.6 Å². The second-order valence-electron chi connectivity index (χ2n) is 4.81. The molecule has 0 unspecified atom stereocenters. The summed E-state index contributed by atoms with van der Waals surface area (Å²) in [4.78, 5) is 0. The quantitative estimate of drug-likeness (QED) is 0.915. The maximum Gasteiger partial charge on any atom is 0.256 e. The summed E-state index contributed by atoms with van der Waals surface area (Å²) in [7, 11) is -2.02. The van der Waals surface area contributed by atoms with Gasteiger partial charge in [-0.15, -0.1) is 11.3 Å². The maximum atomic E-state index is 12.7. The fourth-order valence-corrected chi connectivity index (χ4v) is 5.75. The van der Waals surface area contributed by atoms with Crippen LogP contribution in [0.5, 0.6) is 5.75 Å². The van der Waals surface area contributed by atoms with Gasteiger partial charge in [-0.25, -0.2) is 8.42 Å². The molecule has 2 atom stereocenters. The van der Waals surface area contributed by atoms with Gasteiger partial charge < -0.3 is 10.5 Å². The van der Waals surface area contributed by atoms with Gasteiger partial charge in [-0.3, -0.25) is 0 Å². The van der Waals surface area contributed by atoms with Crippen LogP contribution in [-0.4, -0.2) is 39.0 Å². The van der Waals surface area contributed by atoms with Crippen molar-refractivity contribution >= 4 is 21.4 Å². The number of nitrogens with zero attached hydrogens (tertiary/aromatic N) is 1. The zero-order valence-electron chi connectivity index (χ0n) is 11.2. The van der Waals surface area contributed by atoms with Crippen LogP contribution in [0.25, 0.3) is 0 Å². The lowest BCUT2D eigenvalue weighted by Gasteiger charge is -2.38. The minimum Gasteiger partial charge on any atom is -0.494 e. The predicted octanol–water partition coefficient (Wildman–Crippen LogP) is 1.50. The molecular formula is C12H20N2O3S2. The smallest absolute Gasteiger partial charge is 0.256 e. The second-order valence-corrected chi connectivity index (χ2v) is 7.82. The summed E-state index contributed by atoms with van der Waals surface area (Å²) in [5, 5.41) is 1.73. The van der Waals surface area contributed by atoms with Crippen molar-refractivity contribution < 1.29 is 13.2 Å². The van der Waals surface area contributed by atoms with E-state index in [-0.39, 0.29) is 10.3 Å². The third-order valence-corrected chi connectivity index (χ3v) is 7.01. The van der Waals surface area contributed by atoms with E-state index < -0.39 is 10.0 Å². The standard InChI is InChI=1S/C12H20N2O3S2/c1-9-4-3-6-14(10(9)8-13)19(15,16)12-11(17-2)5-7-18-12/h5,7,9-10H,3-4,6,8,13H2,1-2H3/t9-,10+/m1/s1. The Morgan fingerprint density at radius 1 is 1.58 bits per heavy atom. The van der Waals surface area contributed by atoms with Gasteiger partial charge in [0.25, 0.3) is 10.0 Å². The van der Waals surface area contributed by atoms with Crippen molar-refractivity contribution in [2.45, 2.75) is 30.0 Å². The molecule has 7 heteroatoms. The van der Waals surface area contributed by atoms with E-state index in [1.807, 2.05) is 0 Å². The third-order valence-electron chi connectivity index (χ3n) is 3.66. The Labute approximate surface area is 118 Å². The molecule has 0 saturated carbocycles. The van der Waals surface area contributed by atoms with Crippen LogP contribution in [0.2, 0.25) is 0 Å². The number of sulfonamides is 1. The van der Waals surface area contributed by atoms with E-state index in [0.717, 1.165) is 12.8 Å². The van der Waals surface area contributed by atoms with Crippen molar-refractivity contribution in [3.05, 3.63) is 11.4 Å². The highest BCUT2D eigenvalue weighted by Gasteiger charge is 2.38. The van der Waals surface area contributed by atoms with Crippen LogP contribution in [0.3, 0.4) is 0 Å². The van der Waals surface area contributed by atoms with Crippen LogP contribution < -0.4 is 10.5 Å². The van der Waals surface area contributed by atoms with E-state index in [1.54, 1.807) is 15.8 Å². The Hall–Kier alpha value is -0.630. The molecule has 2 rings (SSSR count). The maximum absolute atomic E-state index is 12.7. The SMILES string of the molecule is COc1ccsc1S(=O)(=O)N1CCC[C@@H](C)[C@@H]1CN. The van der Waals surface area contributed by atoms with Gasteiger partial charge in [-0.2, -0.15) is 4.31 Å². The van der Waals surface area contributed by atoms with E-state index in [9.17, 15) is 8.42 Å².